The van der Waals surface area contributed by atoms with Gasteiger partial charge in [0.25, 0.3) is 0 Å². The van der Waals surface area contributed by atoms with Crippen LogP contribution < -0.4 is 0 Å². The quantitative estimate of drug-likeness (QED) is 0.696. The van der Waals surface area contributed by atoms with Gasteiger partial charge in [0.2, 0.25) is 0 Å². The van der Waals surface area contributed by atoms with Gasteiger partial charge < -0.3 is 4.90 Å². The van der Waals surface area contributed by atoms with Crippen molar-refractivity contribution in [1.29, 1.82) is 0 Å². The van der Waals surface area contributed by atoms with Crippen LogP contribution in [-0.2, 0) is 0 Å². The van der Waals surface area contributed by atoms with Crippen molar-refractivity contribution in [3.8, 4) is 0 Å². The first-order valence-corrected chi connectivity index (χ1v) is 5.99. The van der Waals surface area contributed by atoms with Crippen LogP contribution in [0.2, 0.25) is 0 Å². The molecule has 0 saturated carbocycles. The van der Waals surface area contributed by atoms with E-state index < -0.39 is 0 Å². The Balaban J connectivity index is 2.17. The summed E-state index contributed by atoms with van der Waals surface area (Å²) in [5.74, 6) is 0. The van der Waals surface area contributed by atoms with Gasteiger partial charge in [0, 0.05) is 11.4 Å². The minimum absolute atomic E-state index is 0.929. The Bertz CT molecular complexity index is 484. The van der Waals surface area contributed by atoms with Crippen LogP contribution in [0.4, 0.5) is 0 Å². The van der Waals surface area contributed by atoms with E-state index in [0.717, 1.165) is 18.7 Å². The van der Waals surface area contributed by atoms with Crippen molar-refractivity contribution in [2.75, 3.05) is 6.54 Å². The molecule has 88 valence electrons. The summed E-state index contributed by atoms with van der Waals surface area (Å²) in [5, 5.41) is 0. The monoisotopic (exact) mass is 225 g/mol. The lowest BCUT2D eigenvalue weighted by molar-refractivity contribution is 0.425. The van der Waals surface area contributed by atoms with E-state index in [9.17, 15) is 0 Å². The SMILES string of the molecule is C=CC1=C(/C=C\C)N(C(=C)C2=CC(C)=CC2)C1. The van der Waals surface area contributed by atoms with Gasteiger partial charge in [-0.15, -0.1) is 0 Å². The maximum Gasteiger partial charge on any atom is 0.0502 e. The maximum absolute atomic E-state index is 4.22. The molecular formula is C16H19N. The molecule has 0 radical (unpaired) electrons. The van der Waals surface area contributed by atoms with E-state index in [-0.39, 0.29) is 0 Å². The molecule has 1 heterocycles. The van der Waals surface area contributed by atoms with Gasteiger partial charge in [-0.25, -0.2) is 0 Å². The number of nitrogens with zero attached hydrogens (tertiary/aromatic N) is 1. The van der Waals surface area contributed by atoms with Crippen LogP contribution in [0.1, 0.15) is 20.3 Å². The molecule has 17 heavy (non-hydrogen) atoms. The van der Waals surface area contributed by atoms with Crippen LogP contribution in [0.25, 0.3) is 0 Å². The molecule has 0 N–H and O–H groups in total. The van der Waals surface area contributed by atoms with Gasteiger partial charge in [-0.1, -0.05) is 43.0 Å². The minimum atomic E-state index is 0.929. The first-order valence-electron chi connectivity index (χ1n) is 5.99. The number of allylic oxidation sites excluding steroid dienone is 6. The second-order valence-electron chi connectivity index (χ2n) is 4.47. The second-order valence-corrected chi connectivity index (χ2v) is 4.47. The van der Waals surface area contributed by atoms with Crippen molar-refractivity contribution < 1.29 is 0 Å². The average molecular weight is 225 g/mol. The van der Waals surface area contributed by atoms with Gasteiger partial charge >= 0.3 is 0 Å². The molecule has 1 heteroatoms. The van der Waals surface area contributed by atoms with E-state index in [2.05, 4.69) is 49.3 Å². The van der Waals surface area contributed by atoms with Crippen LogP contribution in [0, 0.1) is 0 Å². The zero-order valence-corrected chi connectivity index (χ0v) is 10.7. The lowest BCUT2D eigenvalue weighted by Gasteiger charge is -2.38. The first kappa shape index (κ1) is 11.7. The van der Waals surface area contributed by atoms with Crippen LogP contribution in [0.3, 0.4) is 0 Å². The molecule has 0 bridgehead atoms. The van der Waals surface area contributed by atoms with Crippen molar-refractivity contribution in [1.82, 2.24) is 4.90 Å². The molecule has 2 rings (SSSR count). The molecule has 0 amide bonds. The standard InChI is InChI=1S/C16H19N/c1-5-7-16-14(6-2)11-17(16)13(4)15-9-8-12(3)10-15/h5-8,10H,2,4,9,11H2,1,3H3/b7-5-. The van der Waals surface area contributed by atoms with E-state index in [1.54, 1.807) is 0 Å². The molecule has 0 spiro atoms. The summed E-state index contributed by atoms with van der Waals surface area (Å²) in [5.41, 5.74) is 6.32. The van der Waals surface area contributed by atoms with Crippen molar-refractivity contribution >= 4 is 0 Å². The highest BCUT2D eigenvalue weighted by Crippen LogP contribution is 2.34. The molecule has 2 aliphatic rings. The van der Waals surface area contributed by atoms with E-state index in [0.29, 0.717) is 0 Å². The normalized spacial score (nSPS) is 19.3. The predicted molar refractivity (Wildman–Crippen MR) is 74.3 cm³/mol. The molecular weight excluding hydrogens is 206 g/mol. The molecule has 1 aliphatic carbocycles. The Kier molecular flexibility index (Phi) is 3.19. The summed E-state index contributed by atoms with van der Waals surface area (Å²) >= 11 is 0. The van der Waals surface area contributed by atoms with Gasteiger partial charge in [-0.3, -0.25) is 0 Å². The first-order chi connectivity index (χ1) is 8.17. The molecule has 0 atom stereocenters. The molecule has 0 unspecified atom stereocenters. The number of rotatable bonds is 4. The number of hydrogen-bond acceptors (Lipinski definition) is 1. The van der Waals surface area contributed by atoms with Crippen molar-refractivity contribution in [3.05, 3.63) is 71.7 Å². The number of hydrogen-bond donors (Lipinski definition) is 0. The van der Waals surface area contributed by atoms with Crippen LogP contribution >= 0.6 is 0 Å². The Morgan fingerprint density at radius 2 is 2.24 bits per heavy atom. The van der Waals surface area contributed by atoms with E-state index in [1.165, 1.54) is 22.4 Å². The fraction of sp³-hybridized carbons (Fsp3) is 0.250. The molecule has 0 aromatic heterocycles. The summed E-state index contributed by atoms with van der Waals surface area (Å²) in [6, 6.07) is 0. The Hall–Kier alpha value is -1.76. The second kappa shape index (κ2) is 4.62. The summed E-state index contributed by atoms with van der Waals surface area (Å²) in [4.78, 5) is 2.26. The van der Waals surface area contributed by atoms with Gasteiger partial charge in [-0.05, 0) is 37.5 Å². The van der Waals surface area contributed by atoms with E-state index >= 15 is 0 Å². The van der Waals surface area contributed by atoms with Crippen molar-refractivity contribution in [2.24, 2.45) is 0 Å². The lowest BCUT2D eigenvalue weighted by atomic mass is 10.00. The average Bonchev–Trinajstić information content (AvgIpc) is 2.72. The van der Waals surface area contributed by atoms with Gasteiger partial charge in [0.1, 0.15) is 0 Å². The maximum atomic E-state index is 4.22. The third-order valence-electron chi connectivity index (χ3n) is 3.26. The third kappa shape index (κ3) is 2.05. The highest BCUT2D eigenvalue weighted by Gasteiger charge is 2.26. The predicted octanol–water partition coefficient (Wildman–Crippen LogP) is 4.11. The smallest absolute Gasteiger partial charge is 0.0502 e. The van der Waals surface area contributed by atoms with Gasteiger partial charge in [-0.2, -0.15) is 0 Å². The fourth-order valence-corrected chi connectivity index (χ4v) is 2.22. The highest BCUT2D eigenvalue weighted by atomic mass is 15.2. The van der Waals surface area contributed by atoms with Crippen LogP contribution in [0.15, 0.2) is 71.7 Å². The van der Waals surface area contributed by atoms with Gasteiger partial charge in [0.05, 0.1) is 6.54 Å². The molecule has 0 aromatic carbocycles. The Labute approximate surface area is 104 Å². The third-order valence-corrected chi connectivity index (χ3v) is 3.26. The summed E-state index contributed by atoms with van der Waals surface area (Å²) in [6.07, 6.45) is 11.6. The molecule has 0 saturated heterocycles. The fourth-order valence-electron chi connectivity index (χ4n) is 2.22. The minimum Gasteiger partial charge on any atom is -0.337 e. The molecule has 1 aliphatic heterocycles. The van der Waals surface area contributed by atoms with Crippen molar-refractivity contribution in [3.63, 3.8) is 0 Å². The largest absolute Gasteiger partial charge is 0.337 e. The van der Waals surface area contributed by atoms with Crippen LogP contribution in [-0.4, -0.2) is 11.4 Å². The molecule has 0 fully saturated rings. The molecule has 1 nitrogen and oxygen atoms in total. The zero-order valence-electron chi connectivity index (χ0n) is 10.7. The highest BCUT2D eigenvalue weighted by molar-refractivity contribution is 5.50. The molecule has 0 aromatic rings. The lowest BCUT2D eigenvalue weighted by Crippen LogP contribution is -2.34. The van der Waals surface area contributed by atoms with E-state index in [1.807, 2.05) is 13.0 Å². The Morgan fingerprint density at radius 3 is 2.76 bits per heavy atom. The van der Waals surface area contributed by atoms with Crippen molar-refractivity contribution in [2.45, 2.75) is 20.3 Å². The van der Waals surface area contributed by atoms with Gasteiger partial charge in [0.15, 0.2) is 0 Å². The zero-order chi connectivity index (χ0) is 12.4. The topological polar surface area (TPSA) is 3.24 Å². The summed E-state index contributed by atoms with van der Waals surface area (Å²) in [7, 11) is 0. The summed E-state index contributed by atoms with van der Waals surface area (Å²) in [6.45, 7) is 13.2. The summed E-state index contributed by atoms with van der Waals surface area (Å²) < 4.78 is 0. The van der Waals surface area contributed by atoms with E-state index in [4.69, 9.17) is 0 Å². The Morgan fingerprint density at radius 1 is 1.47 bits per heavy atom. The van der Waals surface area contributed by atoms with Crippen LogP contribution in [0.5, 0.6) is 0 Å².